The highest BCUT2D eigenvalue weighted by molar-refractivity contribution is 7.89. The molecule has 0 saturated carbocycles. The maximum Gasteiger partial charge on any atom is 0.290 e. The highest BCUT2D eigenvalue weighted by Gasteiger charge is 2.34. The van der Waals surface area contributed by atoms with Crippen LogP contribution in [0.5, 0.6) is 0 Å². The van der Waals surface area contributed by atoms with Gasteiger partial charge in [0, 0.05) is 32.2 Å². The van der Waals surface area contributed by atoms with Crippen molar-refractivity contribution in [1.29, 1.82) is 0 Å². The van der Waals surface area contributed by atoms with Crippen molar-refractivity contribution < 1.29 is 26.8 Å². The minimum absolute atomic E-state index is 0.0314. The van der Waals surface area contributed by atoms with Crippen molar-refractivity contribution in [1.82, 2.24) is 14.6 Å². The number of hydrazine groups is 1. The average molecular weight is 477 g/mol. The predicted molar refractivity (Wildman–Crippen MR) is 116 cm³/mol. The molecule has 0 spiro atoms. The summed E-state index contributed by atoms with van der Waals surface area (Å²) in [6.45, 7) is 1.65. The van der Waals surface area contributed by atoms with E-state index in [-0.39, 0.29) is 44.5 Å². The number of aliphatic imine (C=N–C) groups is 1. The van der Waals surface area contributed by atoms with Gasteiger partial charge in [0.25, 0.3) is 11.8 Å². The van der Waals surface area contributed by atoms with Gasteiger partial charge in [0.2, 0.25) is 15.9 Å². The van der Waals surface area contributed by atoms with E-state index in [4.69, 9.17) is 0 Å². The topological polar surface area (TPSA) is 102 Å². The summed E-state index contributed by atoms with van der Waals surface area (Å²) in [4.78, 5) is 30.0. The molecule has 4 rings (SSSR count). The number of amides is 2. The molecule has 2 aliphatic rings. The van der Waals surface area contributed by atoms with Crippen molar-refractivity contribution in [3.63, 3.8) is 0 Å². The number of hydrogen-bond acceptors (Lipinski definition) is 6. The van der Waals surface area contributed by atoms with E-state index in [0.29, 0.717) is 11.8 Å². The van der Waals surface area contributed by atoms with E-state index >= 15 is 0 Å². The second-order valence-electron chi connectivity index (χ2n) is 7.61. The Labute approximate surface area is 189 Å². The highest BCUT2D eigenvalue weighted by Crippen LogP contribution is 2.22. The van der Waals surface area contributed by atoms with Crippen LogP contribution in [0.1, 0.15) is 5.56 Å². The summed E-state index contributed by atoms with van der Waals surface area (Å²) in [7, 11) is -4.18. The third kappa shape index (κ3) is 4.57. The van der Waals surface area contributed by atoms with Crippen LogP contribution in [-0.4, -0.2) is 68.0 Å². The lowest BCUT2D eigenvalue weighted by Gasteiger charge is -2.35. The van der Waals surface area contributed by atoms with E-state index < -0.39 is 32.5 Å². The molecule has 12 heteroatoms. The third-order valence-electron chi connectivity index (χ3n) is 5.37. The molecule has 33 heavy (non-hydrogen) atoms. The number of carbonyl (C=O) groups is 2. The lowest BCUT2D eigenvalue weighted by molar-refractivity contribution is -0.125. The summed E-state index contributed by atoms with van der Waals surface area (Å²) in [5.74, 6) is -2.88. The number of benzene rings is 2. The first-order valence-corrected chi connectivity index (χ1v) is 11.6. The maximum absolute atomic E-state index is 14.0. The number of anilines is 1. The van der Waals surface area contributed by atoms with Crippen LogP contribution < -0.4 is 10.4 Å². The summed E-state index contributed by atoms with van der Waals surface area (Å²) in [5, 5.41) is 1.25. The van der Waals surface area contributed by atoms with Gasteiger partial charge in [0.05, 0.1) is 5.69 Å². The molecule has 0 atom stereocenters. The van der Waals surface area contributed by atoms with Crippen LogP contribution in [0, 0.1) is 18.6 Å². The first-order chi connectivity index (χ1) is 15.7. The molecule has 174 valence electrons. The summed E-state index contributed by atoms with van der Waals surface area (Å²) in [6, 6.07) is 9.43. The van der Waals surface area contributed by atoms with Gasteiger partial charge in [-0.2, -0.15) is 4.31 Å². The van der Waals surface area contributed by atoms with Gasteiger partial charge in [-0.05, 0) is 31.2 Å². The normalized spacial score (nSPS) is 17.5. The lowest BCUT2D eigenvalue weighted by Crippen LogP contribution is -2.59. The first kappa shape index (κ1) is 22.8. The van der Waals surface area contributed by atoms with Gasteiger partial charge in [-0.25, -0.2) is 22.2 Å². The van der Waals surface area contributed by atoms with Gasteiger partial charge in [-0.15, -0.1) is 0 Å². The Bertz CT molecular complexity index is 1230. The SMILES string of the molecule is Cc1ccc(N2NC(C(=O)N3CCN(S(=O)(=O)c4ccc(F)cc4F)CC3)=NCC2=O)cc1. The van der Waals surface area contributed by atoms with Gasteiger partial charge >= 0.3 is 0 Å². The second-order valence-corrected chi connectivity index (χ2v) is 9.52. The summed E-state index contributed by atoms with van der Waals surface area (Å²) >= 11 is 0. The molecule has 0 radical (unpaired) electrons. The van der Waals surface area contributed by atoms with Gasteiger partial charge in [0.1, 0.15) is 23.1 Å². The fourth-order valence-corrected chi connectivity index (χ4v) is 5.01. The van der Waals surface area contributed by atoms with Gasteiger partial charge < -0.3 is 4.90 Å². The first-order valence-electron chi connectivity index (χ1n) is 10.1. The molecule has 2 aromatic rings. The van der Waals surface area contributed by atoms with Crippen molar-refractivity contribution in [3.8, 4) is 0 Å². The Morgan fingerprint density at radius 3 is 2.33 bits per heavy atom. The fraction of sp³-hybridized carbons (Fsp3) is 0.286. The number of halogens is 2. The van der Waals surface area contributed by atoms with Crippen LogP contribution in [0.2, 0.25) is 0 Å². The lowest BCUT2D eigenvalue weighted by atomic mass is 10.2. The number of nitrogens with zero attached hydrogens (tertiary/aromatic N) is 4. The molecular weight excluding hydrogens is 456 g/mol. The zero-order valence-electron chi connectivity index (χ0n) is 17.7. The number of amidine groups is 1. The van der Waals surface area contributed by atoms with Crippen molar-refractivity contribution in [2.75, 3.05) is 37.7 Å². The van der Waals surface area contributed by atoms with Gasteiger partial charge in [0.15, 0.2) is 0 Å². The molecule has 0 unspecified atom stereocenters. The van der Waals surface area contributed by atoms with E-state index in [9.17, 15) is 26.8 Å². The number of hydrogen-bond donors (Lipinski definition) is 1. The Balaban J connectivity index is 1.43. The quantitative estimate of drug-likeness (QED) is 0.710. The number of piperazine rings is 1. The standard InChI is InChI=1S/C21H21F2N5O4S/c1-14-2-5-16(6-3-14)28-19(29)13-24-20(25-28)21(30)26-8-10-27(11-9-26)33(31,32)18-7-4-15(22)12-17(18)23/h2-7,12H,8-11,13H2,1H3,(H,24,25). The molecule has 2 aromatic carbocycles. The largest absolute Gasteiger partial charge is 0.333 e. The smallest absolute Gasteiger partial charge is 0.290 e. The molecule has 9 nitrogen and oxygen atoms in total. The summed E-state index contributed by atoms with van der Waals surface area (Å²) in [6.07, 6.45) is 0. The molecular formula is C21H21F2N5O4S. The minimum atomic E-state index is -4.18. The zero-order valence-corrected chi connectivity index (χ0v) is 18.5. The number of sulfonamides is 1. The molecule has 1 fully saturated rings. The predicted octanol–water partition coefficient (Wildman–Crippen LogP) is 1.06. The van der Waals surface area contributed by atoms with Crippen LogP contribution in [0.3, 0.4) is 0 Å². The van der Waals surface area contributed by atoms with Crippen LogP contribution >= 0.6 is 0 Å². The Morgan fingerprint density at radius 1 is 1.03 bits per heavy atom. The van der Waals surface area contributed by atoms with E-state index in [2.05, 4.69) is 10.4 Å². The van der Waals surface area contributed by atoms with E-state index in [1.807, 2.05) is 19.1 Å². The second kappa shape index (κ2) is 8.87. The van der Waals surface area contributed by atoms with Crippen molar-refractivity contribution >= 4 is 33.4 Å². The number of carbonyl (C=O) groups excluding carboxylic acids is 2. The van der Waals surface area contributed by atoms with E-state index in [0.717, 1.165) is 22.0 Å². The summed E-state index contributed by atoms with van der Waals surface area (Å²) < 4.78 is 53.7. The number of rotatable bonds is 4. The monoisotopic (exact) mass is 477 g/mol. The third-order valence-corrected chi connectivity index (χ3v) is 7.30. The summed E-state index contributed by atoms with van der Waals surface area (Å²) in [5.41, 5.74) is 4.32. The zero-order chi connectivity index (χ0) is 23.8. The van der Waals surface area contributed by atoms with Crippen LogP contribution in [0.4, 0.5) is 14.5 Å². The average Bonchev–Trinajstić information content (AvgIpc) is 2.79. The molecule has 0 aromatic heterocycles. The minimum Gasteiger partial charge on any atom is -0.333 e. The molecule has 0 bridgehead atoms. The Morgan fingerprint density at radius 2 is 1.70 bits per heavy atom. The Kier molecular flexibility index (Phi) is 6.13. The van der Waals surface area contributed by atoms with E-state index in [1.165, 1.54) is 9.91 Å². The van der Waals surface area contributed by atoms with Crippen LogP contribution in [0.25, 0.3) is 0 Å². The molecule has 2 heterocycles. The molecule has 0 aliphatic carbocycles. The Hall–Kier alpha value is -3.38. The molecule has 1 N–H and O–H groups in total. The van der Waals surface area contributed by atoms with Gasteiger partial charge in [-0.1, -0.05) is 17.7 Å². The number of nitrogens with one attached hydrogen (secondary N) is 1. The molecule has 2 aliphatic heterocycles. The van der Waals surface area contributed by atoms with Gasteiger partial charge in [-0.3, -0.25) is 20.0 Å². The van der Waals surface area contributed by atoms with Crippen molar-refractivity contribution in [2.45, 2.75) is 11.8 Å². The molecule has 1 saturated heterocycles. The molecule has 2 amide bonds. The van der Waals surface area contributed by atoms with Crippen molar-refractivity contribution in [2.24, 2.45) is 4.99 Å². The fourth-order valence-electron chi connectivity index (χ4n) is 3.54. The highest BCUT2D eigenvalue weighted by atomic mass is 32.2. The maximum atomic E-state index is 14.0. The van der Waals surface area contributed by atoms with Crippen LogP contribution in [0.15, 0.2) is 52.4 Å². The van der Waals surface area contributed by atoms with Crippen LogP contribution in [-0.2, 0) is 19.6 Å². The van der Waals surface area contributed by atoms with Crippen molar-refractivity contribution in [3.05, 3.63) is 59.7 Å². The van der Waals surface area contributed by atoms with E-state index in [1.54, 1.807) is 12.1 Å². The number of aryl methyl sites for hydroxylation is 1.